The smallest absolute Gasteiger partial charge is 0.305 e. The standard InChI is InChI=1S/C38H52FN3O4.C38H53N3O4/c1-32-12-14-33(15-13-32)29-41(2,30-34-16-20-36(39)21-17-34)24-10-28-46-38(43)11-6-3-4-7-25-42(26-8-5-9-27-42)31-35-18-22-37(23-19-35)40(44)45;1-33-17-19-35(20-18-33)31-40(2,30-34-14-6-3-7-15-34)25-9-5-13-29-45-38(42)16-8-12-28-41(26-10-4-11-27-41)32-36-21-23-37(24-22-36)39(43)44/h12-23H,3-11,24-31H2,1-2H3;3,6-7,14-15,17-24H,4-5,8-13,16,25-32H2,1-2H3/q2*+2. The first-order valence-corrected chi connectivity index (χ1v) is 33.9. The van der Waals surface area contributed by atoms with Crippen molar-refractivity contribution in [1.82, 2.24) is 0 Å². The number of esters is 2. The van der Waals surface area contributed by atoms with E-state index < -0.39 is 0 Å². The zero-order valence-corrected chi connectivity index (χ0v) is 55.3. The molecule has 2 atom stereocenters. The molecule has 14 nitrogen and oxygen atoms in total. The van der Waals surface area contributed by atoms with Crippen molar-refractivity contribution in [3.05, 3.63) is 222 Å². The topological polar surface area (TPSA) is 139 Å². The maximum Gasteiger partial charge on any atom is 0.305 e. The molecule has 2 heterocycles. The van der Waals surface area contributed by atoms with Crippen molar-refractivity contribution >= 4 is 23.3 Å². The van der Waals surface area contributed by atoms with E-state index in [2.05, 4.69) is 107 Å². The van der Waals surface area contributed by atoms with E-state index in [1.807, 2.05) is 36.4 Å². The highest BCUT2D eigenvalue weighted by Gasteiger charge is 2.32. The molecular weight excluding hydrogens is 1140 g/mol. The molecule has 0 saturated carbocycles. The third kappa shape index (κ3) is 25.8. The molecule has 2 unspecified atom stereocenters. The van der Waals surface area contributed by atoms with Gasteiger partial charge in [0.1, 0.15) is 45.1 Å². The quantitative estimate of drug-likeness (QED) is 0.0125. The number of benzene rings is 6. The summed E-state index contributed by atoms with van der Waals surface area (Å²) in [6, 6.07) is 49.1. The Morgan fingerprint density at radius 3 is 1.22 bits per heavy atom. The van der Waals surface area contributed by atoms with E-state index >= 15 is 0 Å². The number of nitro groups is 2. The third-order valence-electron chi connectivity index (χ3n) is 18.9. The fraction of sp³-hybridized carbons (Fsp3) is 0.500. The molecule has 2 saturated heterocycles. The van der Waals surface area contributed by atoms with Crippen LogP contribution in [-0.2, 0) is 58.3 Å². The summed E-state index contributed by atoms with van der Waals surface area (Å²) in [5.74, 6) is -0.431. The molecule has 490 valence electrons. The zero-order valence-electron chi connectivity index (χ0n) is 55.3. The van der Waals surface area contributed by atoms with E-state index in [1.54, 1.807) is 24.3 Å². The number of hydrogen-bond donors (Lipinski definition) is 0. The maximum atomic E-state index is 13.5. The van der Waals surface area contributed by atoms with Crippen LogP contribution in [0.2, 0.25) is 0 Å². The number of nitro benzene ring substituents is 2. The fourth-order valence-electron chi connectivity index (χ4n) is 13.8. The second kappa shape index (κ2) is 36.8. The lowest BCUT2D eigenvalue weighted by molar-refractivity contribution is -0.945. The summed E-state index contributed by atoms with van der Waals surface area (Å²) in [4.78, 5) is 46.4. The van der Waals surface area contributed by atoms with E-state index in [1.165, 1.54) is 84.0 Å². The van der Waals surface area contributed by atoms with Crippen LogP contribution in [0.1, 0.15) is 160 Å². The Bertz CT molecular complexity index is 3070. The van der Waals surface area contributed by atoms with Crippen LogP contribution < -0.4 is 0 Å². The van der Waals surface area contributed by atoms with Crippen LogP contribution >= 0.6 is 0 Å². The maximum absolute atomic E-state index is 13.5. The third-order valence-corrected chi connectivity index (χ3v) is 18.9. The Hall–Kier alpha value is -7.17. The Balaban J connectivity index is 0.000000259. The van der Waals surface area contributed by atoms with Crippen molar-refractivity contribution in [1.29, 1.82) is 0 Å². The predicted octanol–water partition coefficient (Wildman–Crippen LogP) is 16.4. The van der Waals surface area contributed by atoms with Crippen LogP contribution in [0.15, 0.2) is 152 Å². The normalized spacial score (nSPS) is 15.7. The first-order valence-electron chi connectivity index (χ1n) is 33.9. The van der Waals surface area contributed by atoms with Crippen molar-refractivity contribution in [3.8, 4) is 0 Å². The number of carbonyl (C=O) groups is 2. The average Bonchev–Trinajstić information content (AvgIpc) is 2.13. The molecule has 2 aliphatic heterocycles. The molecule has 0 radical (unpaired) electrons. The Morgan fingerprint density at radius 2 is 0.780 bits per heavy atom. The second-order valence-electron chi connectivity index (χ2n) is 27.2. The summed E-state index contributed by atoms with van der Waals surface area (Å²) >= 11 is 0. The van der Waals surface area contributed by atoms with Gasteiger partial charge in [0.25, 0.3) is 11.4 Å². The molecule has 0 spiro atoms. The average molecular weight is 1250 g/mol. The summed E-state index contributed by atoms with van der Waals surface area (Å²) in [5.41, 5.74) is 10.2. The number of nitrogens with zero attached hydrogens (tertiary/aromatic N) is 6. The van der Waals surface area contributed by atoms with Gasteiger partial charge in [0.05, 0.1) is 89.5 Å². The minimum absolute atomic E-state index is 0.0837. The zero-order chi connectivity index (χ0) is 64.8. The van der Waals surface area contributed by atoms with Gasteiger partial charge in [0, 0.05) is 76.9 Å². The largest absolute Gasteiger partial charge is 0.466 e. The van der Waals surface area contributed by atoms with Gasteiger partial charge in [-0.15, -0.1) is 0 Å². The summed E-state index contributed by atoms with van der Waals surface area (Å²) in [7, 11) is 4.57. The number of aryl methyl sites for hydroxylation is 2. The van der Waals surface area contributed by atoms with Gasteiger partial charge in [-0.05, 0) is 140 Å². The van der Waals surface area contributed by atoms with Gasteiger partial charge in [-0.1, -0.05) is 109 Å². The lowest BCUT2D eigenvalue weighted by Gasteiger charge is -2.42. The number of quaternary nitrogens is 4. The first kappa shape index (κ1) is 71.3. The van der Waals surface area contributed by atoms with Crippen LogP contribution in [0.3, 0.4) is 0 Å². The lowest BCUT2D eigenvalue weighted by Crippen LogP contribution is -2.51. The Labute approximate surface area is 542 Å². The molecule has 0 bridgehead atoms. The van der Waals surface area contributed by atoms with E-state index in [-0.39, 0.29) is 39.0 Å². The van der Waals surface area contributed by atoms with Crippen LogP contribution in [0.25, 0.3) is 0 Å². The molecule has 6 aromatic carbocycles. The number of non-ortho nitro benzene ring substituents is 2. The van der Waals surface area contributed by atoms with Crippen LogP contribution in [0.5, 0.6) is 0 Å². The van der Waals surface area contributed by atoms with Gasteiger partial charge < -0.3 is 27.4 Å². The first-order chi connectivity index (χ1) is 43.9. The summed E-state index contributed by atoms with van der Waals surface area (Å²) < 4.78 is 28.5. The van der Waals surface area contributed by atoms with E-state index in [9.17, 15) is 34.2 Å². The Morgan fingerprint density at radius 1 is 0.429 bits per heavy atom. The van der Waals surface area contributed by atoms with Crippen molar-refractivity contribution in [2.75, 3.05) is 79.7 Å². The van der Waals surface area contributed by atoms with Gasteiger partial charge in [0.15, 0.2) is 0 Å². The molecule has 8 rings (SSSR count). The van der Waals surface area contributed by atoms with Gasteiger partial charge in [-0.3, -0.25) is 29.8 Å². The molecular formula is C76H105FN6O8+4. The van der Waals surface area contributed by atoms with E-state index in [4.69, 9.17) is 9.47 Å². The Kier molecular flexibility index (Phi) is 28.8. The highest BCUT2D eigenvalue weighted by atomic mass is 19.1. The highest BCUT2D eigenvalue weighted by molar-refractivity contribution is 5.69. The minimum atomic E-state index is -0.343. The van der Waals surface area contributed by atoms with Gasteiger partial charge >= 0.3 is 11.9 Å². The molecule has 15 heteroatoms. The molecule has 0 aromatic heterocycles. The molecule has 0 amide bonds. The molecule has 0 N–H and O–H groups in total. The number of rotatable bonds is 36. The van der Waals surface area contributed by atoms with E-state index in [0.717, 1.165) is 185 Å². The van der Waals surface area contributed by atoms with Crippen molar-refractivity contribution in [3.63, 3.8) is 0 Å². The molecule has 6 aromatic rings. The lowest BCUT2D eigenvalue weighted by atomic mass is 10.0. The highest BCUT2D eigenvalue weighted by Crippen LogP contribution is 2.28. The van der Waals surface area contributed by atoms with E-state index in [0.29, 0.717) is 26.1 Å². The number of likely N-dealkylation sites (tertiary alicyclic amines) is 2. The number of ether oxygens (including phenoxy) is 2. The van der Waals surface area contributed by atoms with Crippen molar-refractivity contribution in [2.45, 2.75) is 169 Å². The molecule has 2 aliphatic rings. The van der Waals surface area contributed by atoms with Crippen LogP contribution in [0.4, 0.5) is 15.8 Å². The molecule has 2 fully saturated rings. The SMILES string of the molecule is Cc1ccc(C[N+](C)(CCCCCOC(=O)CCCC[N+]2(Cc3ccc([N+](=O)[O-])cc3)CCCCC2)Cc2ccccc2)cc1.Cc1ccc(C[N+](C)(CCCOC(=O)CCCCCC[N+]2(Cc3ccc([N+](=O)[O-])cc3)CCCCC2)Cc2ccc(F)cc2)cc1. The monoisotopic (exact) mass is 1250 g/mol. The summed E-state index contributed by atoms with van der Waals surface area (Å²) in [6.07, 6.45) is 18.1. The van der Waals surface area contributed by atoms with Crippen molar-refractivity contribution in [2.24, 2.45) is 0 Å². The number of piperidine rings is 2. The second-order valence-corrected chi connectivity index (χ2v) is 27.2. The van der Waals surface area contributed by atoms with Gasteiger partial charge in [-0.2, -0.15) is 0 Å². The fourth-order valence-corrected chi connectivity index (χ4v) is 13.8. The van der Waals surface area contributed by atoms with Crippen molar-refractivity contribution < 1.29 is 51.2 Å². The van der Waals surface area contributed by atoms with Crippen LogP contribution in [-0.4, -0.2) is 119 Å². The minimum Gasteiger partial charge on any atom is -0.466 e. The molecule has 91 heavy (non-hydrogen) atoms. The molecule has 0 aliphatic carbocycles. The van der Waals surface area contributed by atoms with Crippen LogP contribution in [0, 0.1) is 39.9 Å². The summed E-state index contributed by atoms with van der Waals surface area (Å²) in [6.45, 7) is 19.2. The van der Waals surface area contributed by atoms with Gasteiger partial charge in [0.2, 0.25) is 0 Å². The number of carbonyl (C=O) groups excluding carboxylic acids is 2. The number of unbranched alkanes of at least 4 members (excludes halogenated alkanes) is 6. The summed E-state index contributed by atoms with van der Waals surface area (Å²) in [5, 5.41) is 22.1. The number of halogens is 1. The number of hydrogen-bond acceptors (Lipinski definition) is 8. The predicted molar refractivity (Wildman–Crippen MR) is 360 cm³/mol. The van der Waals surface area contributed by atoms with Gasteiger partial charge in [-0.25, -0.2) is 4.39 Å².